The lowest BCUT2D eigenvalue weighted by molar-refractivity contribution is 0.0594. The van der Waals surface area contributed by atoms with Gasteiger partial charge in [-0.15, -0.1) is 0 Å². The van der Waals surface area contributed by atoms with Gasteiger partial charge in [-0.3, -0.25) is 0 Å². The van der Waals surface area contributed by atoms with E-state index < -0.39 is 15.8 Å². The predicted molar refractivity (Wildman–Crippen MR) is 118 cm³/mol. The van der Waals surface area contributed by atoms with E-state index in [4.69, 9.17) is 9.84 Å². The normalized spacial score (nSPS) is 18.7. The average molecular weight is 441 g/mol. The number of anilines is 1. The van der Waals surface area contributed by atoms with Gasteiger partial charge in [-0.2, -0.15) is 5.10 Å². The number of hydrogen-bond acceptors (Lipinski definition) is 7. The van der Waals surface area contributed by atoms with E-state index in [1.807, 2.05) is 35.2 Å². The average Bonchev–Trinajstić information content (AvgIpc) is 3.11. The van der Waals surface area contributed by atoms with Gasteiger partial charge in [-0.05, 0) is 31.0 Å². The van der Waals surface area contributed by atoms with Crippen LogP contribution in [0.2, 0.25) is 0 Å². The standard InChI is InChI=1S/C22H24N4O4S/c1-30-22(27)17-14-18(25-10-12-31(28,29)13-11-25)19-20(15-6-5-7-15)24-26(21(19)23-17)16-8-3-2-4-9-16/h2-4,8-9,14-15H,5-7,10-13H2,1H3. The number of sulfone groups is 1. The molecule has 5 rings (SSSR count). The molecule has 0 unspecified atom stereocenters. The van der Waals surface area contributed by atoms with Crippen LogP contribution in [0.4, 0.5) is 5.69 Å². The van der Waals surface area contributed by atoms with Crippen molar-refractivity contribution in [3.8, 4) is 5.69 Å². The monoisotopic (exact) mass is 440 g/mol. The van der Waals surface area contributed by atoms with E-state index in [0.29, 0.717) is 24.7 Å². The molecule has 162 valence electrons. The van der Waals surface area contributed by atoms with Crippen LogP contribution in [0.5, 0.6) is 0 Å². The summed E-state index contributed by atoms with van der Waals surface area (Å²) in [6, 6.07) is 11.5. The van der Waals surface area contributed by atoms with Crippen molar-refractivity contribution in [1.29, 1.82) is 0 Å². The minimum Gasteiger partial charge on any atom is -0.464 e. The Morgan fingerprint density at radius 1 is 1.13 bits per heavy atom. The van der Waals surface area contributed by atoms with Crippen molar-refractivity contribution in [1.82, 2.24) is 14.8 Å². The van der Waals surface area contributed by atoms with E-state index in [-0.39, 0.29) is 17.2 Å². The summed E-state index contributed by atoms with van der Waals surface area (Å²) in [4.78, 5) is 19.1. The van der Waals surface area contributed by atoms with Gasteiger partial charge in [-0.25, -0.2) is 22.9 Å². The van der Waals surface area contributed by atoms with Crippen molar-refractivity contribution < 1.29 is 17.9 Å². The highest BCUT2D eigenvalue weighted by Crippen LogP contribution is 2.42. The molecule has 0 radical (unpaired) electrons. The zero-order valence-corrected chi connectivity index (χ0v) is 18.1. The van der Waals surface area contributed by atoms with Crippen LogP contribution in [0.15, 0.2) is 36.4 Å². The molecule has 0 amide bonds. The molecule has 8 nitrogen and oxygen atoms in total. The summed E-state index contributed by atoms with van der Waals surface area (Å²) in [6.45, 7) is 0.755. The van der Waals surface area contributed by atoms with Gasteiger partial charge in [0.25, 0.3) is 0 Å². The Balaban J connectivity index is 1.76. The van der Waals surface area contributed by atoms with Crippen molar-refractivity contribution in [2.45, 2.75) is 25.2 Å². The van der Waals surface area contributed by atoms with Crippen LogP contribution in [0.3, 0.4) is 0 Å². The SMILES string of the molecule is COC(=O)c1cc(N2CCS(=O)(=O)CC2)c2c(C3CCC3)nn(-c3ccccc3)c2n1. The number of pyridine rings is 1. The molecule has 0 N–H and O–H groups in total. The van der Waals surface area contributed by atoms with Crippen LogP contribution < -0.4 is 4.90 Å². The smallest absolute Gasteiger partial charge is 0.356 e. The first-order valence-electron chi connectivity index (χ1n) is 10.5. The topological polar surface area (TPSA) is 94.4 Å². The largest absolute Gasteiger partial charge is 0.464 e. The van der Waals surface area contributed by atoms with Crippen LogP contribution >= 0.6 is 0 Å². The minimum absolute atomic E-state index is 0.0932. The molecule has 0 spiro atoms. The van der Waals surface area contributed by atoms with Crippen molar-refractivity contribution in [3.05, 3.63) is 47.8 Å². The van der Waals surface area contributed by atoms with Gasteiger partial charge in [0.15, 0.2) is 21.2 Å². The van der Waals surface area contributed by atoms with Crippen molar-refractivity contribution in [2.24, 2.45) is 0 Å². The summed E-state index contributed by atoms with van der Waals surface area (Å²) < 4.78 is 30.7. The van der Waals surface area contributed by atoms with Gasteiger partial charge in [0.2, 0.25) is 0 Å². The number of nitrogens with zero attached hydrogens (tertiary/aromatic N) is 4. The molecular formula is C22H24N4O4S. The number of methoxy groups -OCH3 is 1. The highest BCUT2D eigenvalue weighted by atomic mass is 32.2. The third-order valence-corrected chi connectivity index (χ3v) is 7.83. The number of carbonyl (C=O) groups excluding carboxylic acids is 1. The first kappa shape index (κ1) is 20.0. The predicted octanol–water partition coefficient (Wildman–Crippen LogP) is 2.71. The number of para-hydroxylation sites is 1. The number of esters is 1. The Labute approximate surface area is 180 Å². The van der Waals surface area contributed by atoms with Gasteiger partial charge in [0.1, 0.15) is 0 Å². The summed E-state index contributed by atoms with van der Waals surface area (Å²) in [5.74, 6) is -0.00404. The van der Waals surface area contributed by atoms with E-state index >= 15 is 0 Å². The first-order valence-corrected chi connectivity index (χ1v) is 12.3. The highest BCUT2D eigenvalue weighted by molar-refractivity contribution is 7.91. The molecule has 2 aromatic heterocycles. The lowest BCUT2D eigenvalue weighted by atomic mass is 9.82. The molecule has 31 heavy (non-hydrogen) atoms. The number of hydrogen-bond donors (Lipinski definition) is 0. The van der Waals surface area contributed by atoms with Crippen LogP contribution in [-0.4, -0.2) is 60.9 Å². The number of carbonyl (C=O) groups is 1. The summed E-state index contributed by atoms with van der Waals surface area (Å²) in [6.07, 6.45) is 3.29. The summed E-state index contributed by atoms with van der Waals surface area (Å²) in [5.41, 5.74) is 3.43. The number of aromatic nitrogens is 3. The second-order valence-corrected chi connectivity index (χ2v) is 10.4. The number of rotatable bonds is 4. The number of benzene rings is 1. The Morgan fingerprint density at radius 2 is 1.84 bits per heavy atom. The van der Waals surface area contributed by atoms with Gasteiger partial charge >= 0.3 is 5.97 Å². The molecule has 2 aliphatic rings. The summed E-state index contributed by atoms with van der Waals surface area (Å²) in [5, 5.41) is 5.85. The molecule has 0 bridgehead atoms. The second kappa shape index (κ2) is 7.64. The zero-order valence-electron chi connectivity index (χ0n) is 17.3. The van der Waals surface area contributed by atoms with Crippen LogP contribution in [0.25, 0.3) is 16.7 Å². The summed E-state index contributed by atoms with van der Waals surface area (Å²) >= 11 is 0. The van der Waals surface area contributed by atoms with Crippen molar-refractivity contribution in [2.75, 3.05) is 36.6 Å². The zero-order chi connectivity index (χ0) is 21.6. The molecule has 1 saturated heterocycles. The van der Waals surface area contributed by atoms with E-state index in [1.165, 1.54) is 7.11 Å². The van der Waals surface area contributed by atoms with Crippen LogP contribution in [0, 0.1) is 0 Å². The van der Waals surface area contributed by atoms with Crippen molar-refractivity contribution in [3.63, 3.8) is 0 Å². The summed E-state index contributed by atoms with van der Waals surface area (Å²) in [7, 11) is -1.71. The molecule has 1 aliphatic carbocycles. The third kappa shape index (κ3) is 3.56. The molecule has 9 heteroatoms. The fourth-order valence-electron chi connectivity index (χ4n) is 4.25. The maximum atomic E-state index is 12.4. The highest BCUT2D eigenvalue weighted by Gasteiger charge is 2.32. The van der Waals surface area contributed by atoms with Gasteiger partial charge in [0.05, 0.1) is 41.1 Å². The van der Waals surface area contributed by atoms with Crippen molar-refractivity contribution >= 4 is 32.5 Å². The lowest BCUT2D eigenvalue weighted by Gasteiger charge is -2.30. The molecule has 3 heterocycles. The Kier molecular flexibility index (Phi) is 4.92. The molecule has 1 aliphatic heterocycles. The van der Waals surface area contributed by atoms with Crippen LogP contribution in [-0.2, 0) is 14.6 Å². The lowest BCUT2D eigenvalue weighted by Crippen LogP contribution is -2.40. The van der Waals surface area contributed by atoms with E-state index in [2.05, 4.69) is 4.98 Å². The van der Waals surface area contributed by atoms with Gasteiger partial charge in [-0.1, -0.05) is 24.6 Å². The molecule has 3 aromatic rings. The minimum atomic E-state index is -3.04. The third-order valence-electron chi connectivity index (χ3n) is 6.22. The Bertz CT molecular complexity index is 1240. The molecular weight excluding hydrogens is 416 g/mol. The van der Waals surface area contributed by atoms with E-state index in [9.17, 15) is 13.2 Å². The van der Waals surface area contributed by atoms with Gasteiger partial charge in [0, 0.05) is 19.0 Å². The van der Waals surface area contributed by atoms with Gasteiger partial charge < -0.3 is 9.64 Å². The fourth-order valence-corrected chi connectivity index (χ4v) is 5.45. The second-order valence-electron chi connectivity index (χ2n) is 8.12. The quantitative estimate of drug-likeness (QED) is 0.576. The van der Waals surface area contributed by atoms with E-state index in [0.717, 1.165) is 41.7 Å². The maximum Gasteiger partial charge on any atom is 0.356 e. The number of fused-ring (bicyclic) bond motifs is 1. The Hall–Kier alpha value is -2.94. The van der Waals surface area contributed by atoms with Crippen LogP contribution in [0.1, 0.15) is 41.4 Å². The molecule has 0 atom stereocenters. The molecule has 1 aromatic carbocycles. The Morgan fingerprint density at radius 3 is 2.45 bits per heavy atom. The first-order chi connectivity index (χ1) is 15.0. The fraction of sp³-hybridized carbons (Fsp3) is 0.409. The molecule has 1 saturated carbocycles. The van der Waals surface area contributed by atoms with E-state index in [1.54, 1.807) is 10.7 Å². The molecule has 2 fully saturated rings. The number of ether oxygens (including phenoxy) is 1. The maximum absolute atomic E-state index is 12.4.